The average molecular weight is 498 g/mol. The molecule has 0 amide bonds. The first kappa shape index (κ1) is 26.1. The Balaban J connectivity index is 0.00000162. The lowest BCUT2D eigenvalue weighted by atomic mass is 9.83. The number of hydrogen-bond donors (Lipinski definition) is 2. The van der Waals surface area contributed by atoms with E-state index >= 15 is 0 Å². The zero-order valence-corrected chi connectivity index (χ0v) is 21.0. The Kier molecular flexibility index (Phi) is 9.01. The van der Waals surface area contributed by atoms with Gasteiger partial charge in [0.05, 0.1) is 11.3 Å². The van der Waals surface area contributed by atoms with Crippen LogP contribution >= 0.6 is 24.8 Å². The molecule has 0 radical (unpaired) electrons. The number of Topliss-reactive ketones (excluding diaryl/α,β-unsaturated/α-hetero) is 1. The van der Waals surface area contributed by atoms with Crippen LogP contribution in [0.15, 0.2) is 101 Å². The number of allylic oxidation sites excluding steroid dienone is 9. The molecule has 2 heterocycles. The van der Waals surface area contributed by atoms with Gasteiger partial charge in [-0.25, -0.2) is 0 Å². The number of piperidine rings is 1. The van der Waals surface area contributed by atoms with E-state index in [2.05, 4.69) is 46.6 Å². The number of carbonyl (C=O) groups is 1. The van der Waals surface area contributed by atoms with E-state index in [1.807, 2.05) is 30.4 Å². The van der Waals surface area contributed by atoms with E-state index < -0.39 is 0 Å². The Bertz CT molecular complexity index is 1090. The summed E-state index contributed by atoms with van der Waals surface area (Å²) in [5.74, 6) is 0.762. The van der Waals surface area contributed by atoms with E-state index in [-0.39, 0.29) is 30.6 Å². The summed E-state index contributed by atoms with van der Waals surface area (Å²) in [7, 11) is 0. The van der Waals surface area contributed by atoms with Crippen LogP contribution in [0.3, 0.4) is 0 Å². The molecule has 1 aromatic carbocycles. The van der Waals surface area contributed by atoms with Gasteiger partial charge in [-0.1, -0.05) is 60.7 Å². The first-order valence-corrected chi connectivity index (χ1v) is 11.7. The molecule has 1 aromatic rings. The van der Waals surface area contributed by atoms with Crippen molar-refractivity contribution in [2.24, 2.45) is 11.7 Å². The predicted molar refractivity (Wildman–Crippen MR) is 144 cm³/mol. The van der Waals surface area contributed by atoms with E-state index in [9.17, 15) is 4.79 Å². The molecule has 5 rings (SSSR count). The van der Waals surface area contributed by atoms with Crippen LogP contribution in [0.25, 0.3) is 0 Å². The van der Waals surface area contributed by atoms with Crippen molar-refractivity contribution in [3.8, 4) is 0 Å². The number of nitrogens with one attached hydrogen (secondary N) is 1. The summed E-state index contributed by atoms with van der Waals surface area (Å²) in [5, 5.41) is 3.46. The van der Waals surface area contributed by atoms with Crippen LogP contribution in [0.5, 0.6) is 0 Å². The lowest BCUT2D eigenvalue weighted by Crippen LogP contribution is -2.33. The van der Waals surface area contributed by atoms with Crippen molar-refractivity contribution < 1.29 is 4.79 Å². The summed E-state index contributed by atoms with van der Waals surface area (Å²) in [5.41, 5.74) is 13.0. The smallest absolute Gasteiger partial charge is 0.192 e. The second-order valence-corrected chi connectivity index (χ2v) is 9.13. The summed E-state index contributed by atoms with van der Waals surface area (Å²) < 4.78 is 0. The van der Waals surface area contributed by atoms with E-state index in [1.54, 1.807) is 0 Å². The summed E-state index contributed by atoms with van der Waals surface area (Å²) in [6, 6.07) is 10.7. The molecule has 0 unspecified atom stereocenters. The molecule has 34 heavy (non-hydrogen) atoms. The number of benzene rings is 1. The van der Waals surface area contributed by atoms with Crippen LogP contribution < -0.4 is 11.1 Å². The number of dihydropyridines is 1. The van der Waals surface area contributed by atoms with Gasteiger partial charge in [0.25, 0.3) is 0 Å². The average Bonchev–Trinajstić information content (AvgIpc) is 3.06. The van der Waals surface area contributed by atoms with Crippen molar-refractivity contribution in [3.05, 3.63) is 106 Å². The van der Waals surface area contributed by atoms with Crippen molar-refractivity contribution >= 4 is 30.6 Å². The zero-order chi connectivity index (χ0) is 21.9. The molecule has 1 saturated heterocycles. The third-order valence-corrected chi connectivity index (χ3v) is 7.00. The van der Waals surface area contributed by atoms with Gasteiger partial charge in [0.15, 0.2) is 5.78 Å². The highest BCUT2D eigenvalue weighted by atomic mass is 35.5. The number of likely N-dealkylation sites (tertiary alicyclic amines) is 1. The molecule has 1 fully saturated rings. The molecule has 2 aliphatic heterocycles. The predicted octanol–water partition coefficient (Wildman–Crippen LogP) is 5.50. The van der Waals surface area contributed by atoms with Crippen LogP contribution in [-0.2, 0) is 11.3 Å². The first-order valence-electron chi connectivity index (χ1n) is 11.7. The fourth-order valence-electron chi connectivity index (χ4n) is 5.12. The molecule has 3 N–H and O–H groups in total. The molecule has 0 bridgehead atoms. The molecular weight excluding hydrogens is 465 g/mol. The Morgan fingerprint density at radius 2 is 1.79 bits per heavy atom. The van der Waals surface area contributed by atoms with Crippen LogP contribution in [0.2, 0.25) is 0 Å². The maximum atomic E-state index is 13.3. The lowest BCUT2D eigenvalue weighted by Gasteiger charge is -2.32. The van der Waals surface area contributed by atoms with Crippen LogP contribution in [0.4, 0.5) is 0 Å². The maximum absolute atomic E-state index is 13.3. The highest BCUT2D eigenvalue weighted by Gasteiger charge is 2.32. The number of nitrogens with zero attached hydrogens (tertiary/aromatic N) is 1. The fourth-order valence-corrected chi connectivity index (χ4v) is 5.12. The minimum absolute atomic E-state index is 0. The Labute approximate surface area is 214 Å². The Morgan fingerprint density at radius 3 is 2.56 bits per heavy atom. The second kappa shape index (κ2) is 11.7. The van der Waals surface area contributed by atoms with Gasteiger partial charge >= 0.3 is 0 Å². The van der Waals surface area contributed by atoms with Gasteiger partial charge in [0, 0.05) is 23.5 Å². The molecule has 2 aliphatic carbocycles. The number of ketones is 1. The molecule has 0 saturated carbocycles. The number of hydrogen-bond acceptors (Lipinski definition) is 4. The Morgan fingerprint density at radius 1 is 1.03 bits per heavy atom. The van der Waals surface area contributed by atoms with Crippen LogP contribution in [0.1, 0.15) is 37.7 Å². The maximum Gasteiger partial charge on any atom is 0.192 e. The summed E-state index contributed by atoms with van der Waals surface area (Å²) in [6.45, 7) is 3.29. The summed E-state index contributed by atoms with van der Waals surface area (Å²) >= 11 is 0. The molecule has 0 atom stereocenters. The third-order valence-electron chi connectivity index (χ3n) is 7.00. The normalized spacial score (nSPS) is 21.7. The van der Waals surface area contributed by atoms with Crippen LogP contribution in [0, 0.1) is 5.92 Å². The molecular formula is C28H33Cl2N3O. The molecule has 4 nitrogen and oxygen atoms in total. The van der Waals surface area contributed by atoms with Gasteiger partial charge in [0.1, 0.15) is 0 Å². The van der Waals surface area contributed by atoms with Crippen molar-refractivity contribution in [2.75, 3.05) is 13.1 Å². The third kappa shape index (κ3) is 5.57. The van der Waals surface area contributed by atoms with Gasteiger partial charge in [-0.3, -0.25) is 9.69 Å². The lowest BCUT2D eigenvalue weighted by molar-refractivity contribution is -0.112. The molecule has 6 heteroatoms. The minimum atomic E-state index is 0. The molecule has 180 valence electrons. The standard InChI is InChI=1S/C28H31N3O.2ClH/c29-27-23-9-5-2-6-10-24(23)30-25-14-13-22(28(32)26(25)27)12-11-20-15-17-31(18-16-20)19-21-7-3-1-4-8-21;;/h1-10,12,20,30H,11,13-19,29H2;2*1H/b22-12+;;. The van der Waals surface area contributed by atoms with Crippen LogP contribution in [-0.4, -0.2) is 23.8 Å². The largest absolute Gasteiger partial charge is 0.398 e. The van der Waals surface area contributed by atoms with E-state index in [4.69, 9.17) is 5.73 Å². The van der Waals surface area contributed by atoms with E-state index in [1.165, 1.54) is 18.4 Å². The minimum Gasteiger partial charge on any atom is -0.398 e. The van der Waals surface area contributed by atoms with E-state index in [0.717, 1.165) is 61.4 Å². The van der Waals surface area contributed by atoms with Gasteiger partial charge in [0.2, 0.25) is 0 Å². The quantitative estimate of drug-likeness (QED) is 0.539. The topological polar surface area (TPSA) is 58.4 Å². The summed E-state index contributed by atoms with van der Waals surface area (Å²) in [6.07, 6.45) is 17.1. The molecule has 4 aliphatic rings. The van der Waals surface area contributed by atoms with Gasteiger partial charge in [-0.05, 0) is 68.3 Å². The molecule has 0 spiro atoms. The van der Waals surface area contributed by atoms with E-state index in [0.29, 0.717) is 17.2 Å². The highest BCUT2D eigenvalue weighted by Crippen LogP contribution is 2.36. The number of fused-ring (bicyclic) bond motifs is 1. The van der Waals surface area contributed by atoms with Crippen molar-refractivity contribution in [1.29, 1.82) is 0 Å². The Hall–Kier alpha value is -2.53. The van der Waals surface area contributed by atoms with Gasteiger partial charge in [-0.2, -0.15) is 0 Å². The fraction of sp³-hybridized carbons (Fsp3) is 0.321. The summed E-state index contributed by atoms with van der Waals surface area (Å²) in [4.78, 5) is 15.9. The highest BCUT2D eigenvalue weighted by molar-refractivity contribution is 6.13. The number of rotatable bonds is 4. The monoisotopic (exact) mass is 497 g/mol. The SMILES string of the molecule is Cl.Cl.NC1=C2C=CC=CC=C2NC2=C1C(=O)/C(=C/CC1CCN(Cc3ccccc3)CC1)CC2. The first-order chi connectivity index (χ1) is 15.7. The van der Waals surface area contributed by atoms with Gasteiger partial charge in [-0.15, -0.1) is 24.8 Å². The van der Waals surface area contributed by atoms with Crippen molar-refractivity contribution in [2.45, 2.75) is 38.6 Å². The number of carbonyl (C=O) groups excluding carboxylic acids is 1. The van der Waals surface area contributed by atoms with Gasteiger partial charge < -0.3 is 11.1 Å². The zero-order valence-electron chi connectivity index (χ0n) is 19.3. The van der Waals surface area contributed by atoms with Crippen molar-refractivity contribution in [1.82, 2.24) is 10.2 Å². The second-order valence-electron chi connectivity index (χ2n) is 9.13. The number of halogens is 2. The number of nitrogens with two attached hydrogens (primary N) is 1. The van der Waals surface area contributed by atoms with Crippen molar-refractivity contribution in [3.63, 3.8) is 0 Å². The molecule has 0 aromatic heterocycles.